The molecule has 1 aliphatic heterocycles. The van der Waals surface area contributed by atoms with Gasteiger partial charge in [0.2, 0.25) is 0 Å². The number of hydrogen-bond donors (Lipinski definition) is 1. The van der Waals surface area contributed by atoms with Gasteiger partial charge in [-0.25, -0.2) is 8.78 Å². The zero-order chi connectivity index (χ0) is 12.3. The van der Waals surface area contributed by atoms with Crippen LogP contribution in [-0.4, -0.2) is 18.4 Å². The second-order valence-electron chi connectivity index (χ2n) is 4.36. The molecule has 1 saturated heterocycles. The summed E-state index contributed by atoms with van der Waals surface area (Å²) in [5.74, 6) is -1.54. The standard InChI is InChI=1S/C13H15F2NO/c14-10-5-3-9(8-11(10)15)4-6-13(17)12-2-1-7-16-12/h3,5,8,12,16H,1-2,4,6-7H2. The minimum absolute atomic E-state index is 0.0414. The summed E-state index contributed by atoms with van der Waals surface area (Å²) in [4.78, 5) is 11.7. The van der Waals surface area contributed by atoms with Crippen LogP contribution in [0.5, 0.6) is 0 Å². The first kappa shape index (κ1) is 12.2. The van der Waals surface area contributed by atoms with Crippen LogP contribution >= 0.6 is 0 Å². The lowest BCUT2D eigenvalue weighted by Gasteiger charge is -2.08. The number of hydrogen-bond acceptors (Lipinski definition) is 2. The van der Waals surface area contributed by atoms with Gasteiger partial charge in [0.1, 0.15) is 5.78 Å². The van der Waals surface area contributed by atoms with Crippen molar-refractivity contribution in [2.75, 3.05) is 6.54 Å². The molecule has 0 amide bonds. The molecule has 0 aromatic heterocycles. The number of rotatable bonds is 4. The molecule has 0 saturated carbocycles. The Balaban J connectivity index is 1.88. The Morgan fingerprint density at radius 1 is 1.35 bits per heavy atom. The molecule has 92 valence electrons. The highest BCUT2D eigenvalue weighted by Crippen LogP contribution is 2.13. The second kappa shape index (κ2) is 5.36. The van der Waals surface area contributed by atoms with E-state index in [2.05, 4.69) is 5.32 Å². The molecular formula is C13H15F2NO. The molecule has 1 aromatic carbocycles. The van der Waals surface area contributed by atoms with Crippen LogP contribution in [0.4, 0.5) is 8.78 Å². The van der Waals surface area contributed by atoms with Crippen molar-refractivity contribution in [3.05, 3.63) is 35.4 Å². The maximum atomic E-state index is 12.9. The number of Topliss-reactive ketones (excluding diaryl/α,β-unsaturated/α-hetero) is 1. The fraction of sp³-hybridized carbons (Fsp3) is 0.462. The largest absolute Gasteiger partial charge is 0.307 e. The van der Waals surface area contributed by atoms with Gasteiger partial charge in [-0.3, -0.25) is 4.79 Å². The van der Waals surface area contributed by atoms with Gasteiger partial charge in [0, 0.05) is 6.42 Å². The highest BCUT2D eigenvalue weighted by molar-refractivity contribution is 5.84. The number of nitrogens with one attached hydrogen (secondary N) is 1. The van der Waals surface area contributed by atoms with Crippen molar-refractivity contribution >= 4 is 5.78 Å². The zero-order valence-electron chi connectivity index (χ0n) is 9.51. The van der Waals surface area contributed by atoms with Crippen molar-refractivity contribution < 1.29 is 13.6 Å². The first-order chi connectivity index (χ1) is 8.16. The molecule has 2 nitrogen and oxygen atoms in total. The van der Waals surface area contributed by atoms with Gasteiger partial charge in [0.25, 0.3) is 0 Å². The van der Waals surface area contributed by atoms with Crippen molar-refractivity contribution in [1.29, 1.82) is 0 Å². The Bertz CT molecular complexity index is 414. The number of benzene rings is 1. The van der Waals surface area contributed by atoms with Crippen molar-refractivity contribution in [1.82, 2.24) is 5.32 Å². The average Bonchev–Trinajstić information content (AvgIpc) is 2.84. The molecule has 1 heterocycles. The lowest BCUT2D eigenvalue weighted by atomic mass is 10.0. The molecule has 2 rings (SSSR count). The predicted molar refractivity (Wildman–Crippen MR) is 60.7 cm³/mol. The van der Waals surface area contributed by atoms with Crippen molar-refractivity contribution in [3.63, 3.8) is 0 Å². The topological polar surface area (TPSA) is 29.1 Å². The molecule has 0 spiro atoms. The summed E-state index contributed by atoms with van der Waals surface area (Å²) < 4.78 is 25.6. The van der Waals surface area contributed by atoms with Gasteiger partial charge in [-0.1, -0.05) is 6.07 Å². The van der Waals surface area contributed by atoms with Crippen LogP contribution < -0.4 is 5.32 Å². The summed E-state index contributed by atoms with van der Waals surface area (Å²) in [6.07, 6.45) is 2.76. The van der Waals surface area contributed by atoms with E-state index >= 15 is 0 Å². The van der Waals surface area contributed by atoms with Gasteiger partial charge < -0.3 is 5.32 Å². The average molecular weight is 239 g/mol. The van der Waals surface area contributed by atoms with Gasteiger partial charge in [-0.05, 0) is 43.5 Å². The third kappa shape index (κ3) is 3.09. The summed E-state index contributed by atoms with van der Waals surface area (Å²) in [7, 11) is 0. The molecule has 1 N–H and O–H groups in total. The smallest absolute Gasteiger partial charge is 0.159 e. The minimum atomic E-state index is -0.853. The van der Waals surface area contributed by atoms with Crippen molar-refractivity contribution in [3.8, 4) is 0 Å². The van der Waals surface area contributed by atoms with E-state index in [-0.39, 0.29) is 11.8 Å². The Hall–Kier alpha value is -1.29. The fourth-order valence-electron chi connectivity index (χ4n) is 2.10. The number of carbonyl (C=O) groups excluding carboxylic acids is 1. The Labute approximate surface area is 99.0 Å². The van der Waals surface area contributed by atoms with E-state index in [9.17, 15) is 13.6 Å². The zero-order valence-corrected chi connectivity index (χ0v) is 9.51. The van der Waals surface area contributed by atoms with Crippen molar-refractivity contribution in [2.45, 2.75) is 31.7 Å². The van der Waals surface area contributed by atoms with Crippen LogP contribution in [0.15, 0.2) is 18.2 Å². The maximum Gasteiger partial charge on any atom is 0.159 e. The number of halogens is 2. The first-order valence-electron chi connectivity index (χ1n) is 5.87. The Morgan fingerprint density at radius 2 is 2.18 bits per heavy atom. The van der Waals surface area contributed by atoms with E-state index in [0.717, 1.165) is 31.5 Å². The quantitative estimate of drug-likeness (QED) is 0.872. The van der Waals surface area contributed by atoms with Crippen LogP contribution in [-0.2, 0) is 11.2 Å². The number of aryl methyl sites for hydroxylation is 1. The highest BCUT2D eigenvalue weighted by atomic mass is 19.2. The lowest BCUT2D eigenvalue weighted by molar-refractivity contribution is -0.120. The van der Waals surface area contributed by atoms with Crippen molar-refractivity contribution in [2.24, 2.45) is 0 Å². The summed E-state index contributed by atoms with van der Waals surface area (Å²) in [5.41, 5.74) is 0.662. The summed E-state index contributed by atoms with van der Waals surface area (Å²) in [5, 5.41) is 3.13. The van der Waals surface area contributed by atoms with Gasteiger partial charge in [0.15, 0.2) is 11.6 Å². The lowest BCUT2D eigenvalue weighted by Crippen LogP contribution is -2.30. The molecule has 1 aromatic rings. The third-order valence-electron chi connectivity index (χ3n) is 3.09. The third-order valence-corrected chi connectivity index (χ3v) is 3.09. The molecular weight excluding hydrogens is 224 g/mol. The van der Waals surface area contributed by atoms with Crippen LogP contribution in [0, 0.1) is 11.6 Å². The van der Waals surface area contributed by atoms with E-state index in [1.165, 1.54) is 6.07 Å². The van der Waals surface area contributed by atoms with E-state index in [1.807, 2.05) is 0 Å². The highest BCUT2D eigenvalue weighted by Gasteiger charge is 2.21. The number of carbonyl (C=O) groups is 1. The SMILES string of the molecule is O=C(CCc1ccc(F)c(F)c1)C1CCCN1. The molecule has 17 heavy (non-hydrogen) atoms. The minimum Gasteiger partial charge on any atom is -0.307 e. The van der Waals surface area contributed by atoms with E-state index in [4.69, 9.17) is 0 Å². The second-order valence-corrected chi connectivity index (χ2v) is 4.36. The summed E-state index contributed by atoms with van der Waals surface area (Å²) in [6, 6.07) is 3.74. The van der Waals surface area contributed by atoms with Gasteiger partial charge in [-0.2, -0.15) is 0 Å². The monoisotopic (exact) mass is 239 g/mol. The van der Waals surface area contributed by atoms with Crippen LogP contribution in [0.3, 0.4) is 0 Å². The van der Waals surface area contributed by atoms with Crippen LogP contribution in [0.25, 0.3) is 0 Å². The number of ketones is 1. The predicted octanol–water partition coefficient (Wildman–Crippen LogP) is 2.22. The molecule has 1 atom stereocenters. The van der Waals surface area contributed by atoms with E-state index in [0.29, 0.717) is 18.4 Å². The van der Waals surface area contributed by atoms with E-state index in [1.54, 1.807) is 0 Å². The molecule has 4 heteroatoms. The molecule has 1 aliphatic rings. The maximum absolute atomic E-state index is 12.9. The Kier molecular flexibility index (Phi) is 3.84. The molecule has 0 bridgehead atoms. The first-order valence-corrected chi connectivity index (χ1v) is 5.87. The normalized spacial score (nSPS) is 19.5. The molecule has 0 radical (unpaired) electrons. The summed E-state index contributed by atoms with van der Waals surface area (Å²) >= 11 is 0. The van der Waals surface area contributed by atoms with Crippen LogP contribution in [0.2, 0.25) is 0 Å². The fourth-order valence-corrected chi connectivity index (χ4v) is 2.10. The summed E-state index contributed by atoms with van der Waals surface area (Å²) in [6.45, 7) is 0.890. The molecule has 1 unspecified atom stereocenters. The van der Waals surface area contributed by atoms with Crippen LogP contribution in [0.1, 0.15) is 24.8 Å². The van der Waals surface area contributed by atoms with Gasteiger partial charge in [0.05, 0.1) is 6.04 Å². The molecule has 1 fully saturated rings. The Morgan fingerprint density at radius 3 is 2.82 bits per heavy atom. The van der Waals surface area contributed by atoms with E-state index < -0.39 is 11.6 Å². The molecule has 0 aliphatic carbocycles. The van der Waals surface area contributed by atoms with Gasteiger partial charge in [-0.15, -0.1) is 0 Å². The van der Waals surface area contributed by atoms with Gasteiger partial charge >= 0.3 is 0 Å².